The number of aliphatic hydroxyl groups is 1. The molecule has 1 aromatic carbocycles. The molecule has 0 radical (unpaired) electrons. The number of hydrogen-bond acceptors (Lipinski definition) is 3. The van der Waals surface area contributed by atoms with Gasteiger partial charge in [-0.25, -0.2) is 0 Å². The topological polar surface area (TPSA) is 41.5 Å². The van der Waals surface area contributed by atoms with Crippen molar-refractivity contribution in [1.29, 1.82) is 0 Å². The van der Waals surface area contributed by atoms with Crippen LogP contribution in [0, 0.1) is 0 Å². The molecular formula is C17H27NO2. The summed E-state index contributed by atoms with van der Waals surface area (Å²) in [6.45, 7) is 7.70. The Bertz CT molecular complexity index is 431. The molecule has 0 bridgehead atoms. The van der Waals surface area contributed by atoms with Gasteiger partial charge in [-0.15, -0.1) is 0 Å². The van der Waals surface area contributed by atoms with Gasteiger partial charge in [0.15, 0.2) is 0 Å². The summed E-state index contributed by atoms with van der Waals surface area (Å²) in [6.07, 6.45) is 3.93. The summed E-state index contributed by atoms with van der Waals surface area (Å²) in [5.41, 5.74) is 0.700. The van der Waals surface area contributed by atoms with E-state index in [0.717, 1.165) is 38.0 Å². The monoisotopic (exact) mass is 277 g/mol. The third-order valence-corrected chi connectivity index (χ3v) is 3.76. The molecule has 20 heavy (non-hydrogen) atoms. The Kier molecular flexibility index (Phi) is 4.71. The summed E-state index contributed by atoms with van der Waals surface area (Å²) in [5, 5.41) is 13.8. The molecule has 0 atom stereocenters. The van der Waals surface area contributed by atoms with E-state index in [0.29, 0.717) is 6.61 Å². The van der Waals surface area contributed by atoms with Crippen molar-refractivity contribution in [3.05, 3.63) is 29.8 Å². The van der Waals surface area contributed by atoms with Crippen LogP contribution < -0.4 is 10.1 Å². The number of rotatable bonds is 5. The summed E-state index contributed by atoms with van der Waals surface area (Å²) in [4.78, 5) is 0. The zero-order valence-corrected chi connectivity index (χ0v) is 12.9. The van der Waals surface area contributed by atoms with Crippen molar-refractivity contribution in [1.82, 2.24) is 5.32 Å². The molecule has 1 saturated carbocycles. The Balaban J connectivity index is 1.89. The highest BCUT2D eigenvalue weighted by molar-refractivity contribution is 5.28. The van der Waals surface area contributed by atoms with Crippen LogP contribution in [0.15, 0.2) is 24.3 Å². The van der Waals surface area contributed by atoms with Gasteiger partial charge >= 0.3 is 0 Å². The third kappa shape index (κ3) is 4.80. The summed E-state index contributed by atoms with van der Waals surface area (Å²) >= 11 is 0. The van der Waals surface area contributed by atoms with E-state index in [1.165, 1.54) is 5.56 Å². The maximum atomic E-state index is 10.3. The van der Waals surface area contributed by atoms with Crippen LogP contribution in [0.25, 0.3) is 0 Å². The van der Waals surface area contributed by atoms with Gasteiger partial charge in [-0.05, 0) is 51.3 Å². The van der Waals surface area contributed by atoms with Gasteiger partial charge in [0.05, 0.1) is 5.60 Å². The second-order valence-corrected chi connectivity index (χ2v) is 6.97. The standard InChI is InChI=1S/C17H27NO2/c1-16(2,3)18-12-14-7-6-8-15(11-14)20-13-17(19)9-4-5-10-17/h6-8,11,18-19H,4-5,9-10,12-13H2,1-3H3. The van der Waals surface area contributed by atoms with E-state index in [1.54, 1.807) is 0 Å². The lowest BCUT2D eigenvalue weighted by Crippen LogP contribution is -2.35. The fourth-order valence-corrected chi connectivity index (χ4v) is 2.51. The molecule has 2 rings (SSSR count). The minimum absolute atomic E-state index is 0.107. The average molecular weight is 277 g/mol. The van der Waals surface area contributed by atoms with Gasteiger partial charge in [0, 0.05) is 12.1 Å². The molecule has 3 heteroatoms. The molecule has 0 unspecified atom stereocenters. The highest BCUT2D eigenvalue weighted by atomic mass is 16.5. The lowest BCUT2D eigenvalue weighted by molar-refractivity contribution is 0.00138. The molecule has 3 nitrogen and oxygen atoms in total. The Morgan fingerprint density at radius 3 is 2.60 bits per heavy atom. The lowest BCUT2D eigenvalue weighted by Gasteiger charge is -2.23. The molecule has 0 heterocycles. The number of nitrogens with one attached hydrogen (secondary N) is 1. The number of benzene rings is 1. The molecule has 0 aliphatic heterocycles. The first-order chi connectivity index (χ1) is 9.36. The predicted molar refractivity (Wildman–Crippen MR) is 81.9 cm³/mol. The van der Waals surface area contributed by atoms with Crippen LogP contribution >= 0.6 is 0 Å². The minimum Gasteiger partial charge on any atom is -0.491 e. The van der Waals surface area contributed by atoms with Crippen molar-refractivity contribution >= 4 is 0 Å². The van der Waals surface area contributed by atoms with E-state index in [-0.39, 0.29) is 5.54 Å². The van der Waals surface area contributed by atoms with Crippen molar-refractivity contribution in [3.8, 4) is 5.75 Å². The van der Waals surface area contributed by atoms with Gasteiger partial charge in [-0.3, -0.25) is 0 Å². The third-order valence-electron chi connectivity index (χ3n) is 3.76. The smallest absolute Gasteiger partial charge is 0.119 e. The van der Waals surface area contributed by atoms with Gasteiger partial charge in [0.25, 0.3) is 0 Å². The van der Waals surface area contributed by atoms with Crippen molar-refractivity contribution in [2.45, 2.75) is 64.1 Å². The van der Waals surface area contributed by atoms with Crippen LogP contribution in [0.1, 0.15) is 52.0 Å². The van der Waals surface area contributed by atoms with Gasteiger partial charge in [0.2, 0.25) is 0 Å². The Labute approximate surface area is 122 Å². The van der Waals surface area contributed by atoms with Gasteiger partial charge < -0.3 is 15.2 Å². The van der Waals surface area contributed by atoms with Crippen molar-refractivity contribution in [2.24, 2.45) is 0 Å². The predicted octanol–water partition coefficient (Wildman–Crippen LogP) is 3.26. The SMILES string of the molecule is CC(C)(C)NCc1cccc(OCC2(O)CCCC2)c1. The van der Waals surface area contributed by atoms with Crippen LogP contribution in [0.2, 0.25) is 0 Å². The zero-order chi connectivity index (χ0) is 14.6. The molecular weight excluding hydrogens is 250 g/mol. The van der Waals surface area contributed by atoms with Crippen LogP contribution in [-0.2, 0) is 6.54 Å². The molecule has 2 N–H and O–H groups in total. The van der Waals surface area contributed by atoms with E-state index >= 15 is 0 Å². The van der Waals surface area contributed by atoms with E-state index in [1.807, 2.05) is 12.1 Å². The van der Waals surface area contributed by atoms with Gasteiger partial charge in [-0.2, -0.15) is 0 Å². The number of ether oxygens (including phenoxy) is 1. The molecule has 1 aliphatic rings. The molecule has 1 aromatic rings. The summed E-state index contributed by atoms with van der Waals surface area (Å²) < 4.78 is 5.79. The molecule has 0 saturated heterocycles. The summed E-state index contributed by atoms with van der Waals surface area (Å²) in [5.74, 6) is 0.846. The highest BCUT2D eigenvalue weighted by Crippen LogP contribution is 2.30. The van der Waals surface area contributed by atoms with E-state index in [2.05, 4.69) is 38.2 Å². The van der Waals surface area contributed by atoms with Crippen molar-refractivity contribution in [2.75, 3.05) is 6.61 Å². The van der Waals surface area contributed by atoms with Crippen molar-refractivity contribution < 1.29 is 9.84 Å². The van der Waals surface area contributed by atoms with Gasteiger partial charge in [0.1, 0.15) is 12.4 Å². The summed E-state index contributed by atoms with van der Waals surface area (Å²) in [6, 6.07) is 8.11. The first kappa shape index (κ1) is 15.3. The maximum Gasteiger partial charge on any atom is 0.119 e. The van der Waals surface area contributed by atoms with E-state index in [4.69, 9.17) is 4.74 Å². The molecule has 1 fully saturated rings. The van der Waals surface area contributed by atoms with Crippen LogP contribution in [0.4, 0.5) is 0 Å². The van der Waals surface area contributed by atoms with E-state index in [9.17, 15) is 5.11 Å². The first-order valence-electron chi connectivity index (χ1n) is 7.56. The molecule has 112 valence electrons. The lowest BCUT2D eigenvalue weighted by atomic mass is 10.0. The van der Waals surface area contributed by atoms with Crippen LogP contribution in [-0.4, -0.2) is 22.9 Å². The molecule has 0 amide bonds. The van der Waals surface area contributed by atoms with Crippen molar-refractivity contribution in [3.63, 3.8) is 0 Å². The molecule has 1 aliphatic carbocycles. The quantitative estimate of drug-likeness (QED) is 0.868. The van der Waals surface area contributed by atoms with Crippen LogP contribution in [0.3, 0.4) is 0 Å². The first-order valence-corrected chi connectivity index (χ1v) is 7.56. The maximum absolute atomic E-state index is 10.3. The Hall–Kier alpha value is -1.06. The second kappa shape index (κ2) is 6.15. The normalized spacial score (nSPS) is 18.2. The van der Waals surface area contributed by atoms with Gasteiger partial charge in [-0.1, -0.05) is 25.0 Å². The van der Waals surface area contributed by atoms with E-state index < -0.39 is 5.60 Å². The average Bonchev–Trinajstić information content (AvgIpc) is 2.81. The second-order valence-electron chi connectivity index (χ2n) is 6.97. The fourth-order valence-electron chi connectivity index (χ4n) is 2.51. The Morgan fingerprint density at radius 2 is 1.95 bits per heavy atom. The zero-order valence-electron chi connectivity index (χ0n) is 12.9. The number of hydrogen-bond donors (Lipinski definition) is 2. The van der Waals surface area contributed by atoms with Crippen LogP contribution in [0.5, 0.6) is 5.75 Å². The fraction of sp³-hybridized carbons (Fsp3) is 0.647. The highest BCUT2D eigenvalue weighted by Gasteiger charge is 2.31. The summed E-state index contributed by atoms with van der Waals surface area (Å²) in [7, 11) is 0. The molecule has 0 spiro atoms. The Morgan fingerprint density at radius 1 is 1.25 bits per heavy atom. The molecule has 0 aromatic heterocycles. The largest absolute Gasteiger partial charge is 0.491 e. The minimum atomic E-state index is -0.611.